The second kappa shape index (κ2) is 8.54. The molecule has 3 aromatic rings. The van der Waals surface area contributed by atoms with Crippen molar-refractivity contribution < 1.29 is 9.85 Å². The molecule has 0 aliphatic rings. The zero-order chi connectivity index (χ0) is 21.0. The fourth-order valence-electron chi connectivity index (χ4n) is 2.30. The smallest absolute Gasteiger partial charge is 0.334 e. The number of hydrazine groups is 1. The third-order valence-corrected chi connectivity index (χ3v) is 3.97. The predicted octanol–water partition coefficient (Wildman–Crippen LogP) is 4.78. The normalized spacial score (nSPS) is 10.3. The van der Waals surface area contributed by atoms with E-state index in [0.717, 1.165) is 6.33 Å². The average molecular weight is 436 g/mol. The van der Waals surface area contributed by atoms with Crippen LogP contribution in [0.2, 0.25) is 10.0 Å². The molecule has 0 bridgehead atoms. The number of hydrogen-bond donors (Lipinski definition) is 3. The number of anilines is 4. The summed E-state index contributed by atoms with van der Waals surface area (Å²) in [7, 11) is 0. The van der Waals surface area contributed by atoms with Gasteiger partial charge in [-0.2, -0.15) is 0 Å². The lowest BCUT2D eigenvalue weighted by Gasteiger charge is -2.12. The Morgan fingerprint density at radius 2 is 1.41 bits per heavy atom. The molecule has 0 radical (unpaired) electrons. The maximum Gasteiger partial charge on any atom is 0.355 e. The number of non-ortho nitro benzene ring substituents is 1. The Hall–Kier alpha value is -3.70. The van der Waals surface area contributed by atoms with Crippen LogP contribution in [0.3, 0.4) is 0 Å². The van der Waals surface area contributed by atoms with Crippen molar-refractivity contribution in [2.45, 2.75) is 0 Å². The molecular weight excluding hydrogens is 425 g/mol. The van der Waals surface area contributed by atoms with Gasteiger partial charge in [0.1, 0.15) is 6.33 Å². The quantitative estimate of drug-likeness (QED) is 0.351. The molecule has 0 unspecified atom stereocenters. The number of nitro groups is 2. The zero-order valence-corrected chi connectivity index (χ0v) is 15.8. The van der Waals surface area contributed by atoms with Crippen LogP contribution in [0.4, 0.5) is 34.4 Å². The standard InChI is InChI=1S/C16H11Cl2N7O4/c17-9-5-10(18)7-12(6-9)21-15-14(25(28)29)16(20-8-19-15)23-22-11-1-3-13(4-2-11)24(26)27/h1-8,22H,(H2,19,20,21,23). The van der Waals surface area contributed by atoms with Gasteiger partial charge >= 0.3 is 5.69 Å². The van der Waals surface area contributed by atoms with E-state index in [1.165, 1.54) is 42.5 Å². The topological polar surface area (TPSA) is 148 Å². The molecule has 2 aromatic carbocycles. The van der Waals surface area contributed by atoms with Crippen LogP contribution in [0.25, 0.3) is 0 Å². The fraction of sp³-hybridized carbons (Fsp3) is 0. The molecule has 0 aliphatic heterocycles. The summed E-state index contributed by atoms with van der Waals surface area (Å²) >= 11 is 11.9. The first kappa shape index (κ1) is 20.0. The van der Waals surface area contributed by atoms with Crippen molar-refractivity contribution in [1.29, 1.82) is 0 Å². The van der Waals surface area contributed by atoms with E-state index in [9.17, 15) is 20.2 Å². The molecule has 0 saturated heterocycles. The lowest BCUT2D eigenvalue weighted by Crippen LogP contribution is -2.13. The summed E-state index contributed by atoms with van der Waals surface area (Å²) in [4.78, 5) is 28.9. The maximum absolute atomic E-state index is 11.6. The van der Waals surface area contributed by atoms with E-state index in [1.807, 2.05) is 0 Å². The third-order valence-electron chi connectivity index (χ3n) is 3.53. The number of hydrogen-bond acceptors (Lipinski definition) is 9. The molecule has 29 heavy (non-hydrogen) atoms. The Morgan fingerprint density at radius 3 is 2.00 bits per heavy atom. The molecule has 0 spiro atoms. The van der Waals surface area contributed by atoms with E-state index in [1.54, 1.807) is 0 Å². The molecule has 1 heterocycles. The summed E-state index contributed by atoms with van der Waals surface area (Å²) in [6.07, 6.45) is 1.13. The SMILES string of the molecule is O=[N+]([O-])c1ccc(NNc2ncnc(Nc3cc(Cl)cc(Cl)c3)c2[N+](=O)[O-])cc1. The van der Waals surface area contributed by atoms with Gasteiger partial charge in [0.05, 0.1) is 15.5 Å². The first-order valence-electron chi connectivity index (χ1n) is 7.82. The van der Waals surface area contributed by atoms with Crippen LogP contribution < -0.4 is 16.2 Å². The van der Waals surface area contributed by atoms with Gasteiger partial charge in [-0.3, -0.25) is 31.1 Å². The van der Waals surface area contributed by atoms with Crippen LogP contribution in [0, 0.1) is 20.2 Å². The van der Waals surface area contributed by atoms with E-state index in [2.05, 4.69) is 26.1 Å². The summed E-state index contributed by atoms with van der Waals surface area (Å²) < 4.78 is 0. The molecule has 11 nitrogen and oxygen atoms in total. The highest BCUT2D eigenvalue weighted by molar-refractivity contribution is 6.35. The highest BCUT2D eigenvalue weighted by atomic mass is 35.5. The Morgan fingerprint density at radius 1 is 0.793 bits per heavy atom. The largest absolute Gasteiger partial charge is 0.355 e. The van der Waals surface area contributed by atoms with E-state index < -0.39 is 15.5 Å². The van der Waals surface area contributed by atoms with Crippen molar-refractivity contribution in [2.24, 2.45) is 0 Å². The van der Waals surface area contributed by atoms with Crippen molar-refractivity contribution in [3.63, 3.8) is 0 Å². The Kier molecular flexibility index (Phi) is 5.90. The van der Waals surface area contributed by atoms with Crippen LogP contribution in [0.1, 0.15) is 0 Å². The van der Waals surface area contributed by atoms with Gasteiger partial charge in [-0.25, -0.2) is 9.97 Å². The van der Waals surface area contributed by atoms with Gasteiger partial charge in [0, 0.05) is 27.9 Å². The number of benzene rings is 2. The summed E-state index contributed by atoms with van der Waals surface area (Å²) in [5, 5.41) is 25.8. The van der Waals surface area contributed by atoms with Crippen LogP contribution in [0.15, 0.2) is 48.8 Å². The van der Waals surface area contributed by atoms with Gasteiger partial charge in [-0.15, -0.1) is 0 Å². The summed E-state index contributed by atoms with van der Waals surface area (Å²) in [6, 6.07) is 10.0. The van der Waals surface area contributed by atoms with Crippen LogP contribution >= 0.6 is 23.2 Å². The van der Waals surface area contributed by atoms with Crippen molar-refractivity contribution in [2.75, 3.05) is 16.2 Å². The Balaban J connectivity index is 1.84. The molecule has 0 aliphatic carbocycles. The lowest BCUT2D eigenvalue weighted by molar-refractivity contribution is -0.384. The summed E-state index contributed by atoms with van der Waals surface area (Å²) in [6.45, 7) is 0. The van der Waals surface area contributed by atoms with Gasteiger partial charge < -0.3 is 5.32 Å². The van der Waals surface area contributed by atoms with Crippen molar-refractivity contribution in [3.05, 3.63) is 79.1 Å². The number of rotatable bonds is 7. The van der Waals surface area contributed by atoms with Gasteiger partial charge in [0.15, 0.2) is 0 Å². The minimum Gasteiger partial charge on any atom is -0.334 e. The molecule has 13 heteroatoms. The predicted molar refractivity (Wildman–Crippen MR) is 109 cm³/mol. The highest BCUT2D eigenvalue weighted by Crippen LogP contribution is 2.32. The second-order valence-electron chi connectivity index (χ2n) is 5.51. The first-order valence-corrected chi connectivity index (χ1v) is 8.58. The Bertz CT molecular complexity index is 1060. The number of halogens is 2. The zero-order valence-electron chi connectivity index (χ0n) is 14.3. The van der Waals surface area contributed by atoms with Gasteiger partial charge in [-0.1, -0.05) is 23.2 Å². The molecule has 0 fully saturated rings. The molecular formula is C16H11Cl2N7O4. The molecule has 0 atom stereocenters. The average Bonchev–Trinajstić information content (AvgIpc) is 2.65. The minimum absolute atomic E-state index is 0.0867. The van der Waals surface area contributed by atoms with E-state index in [0.29, 0.717) is 21.4 Å². The number of nitrogens with one attached hydrogen (secondary N) is 3. The van der Waals surface area contributed by atoms with Crippen LogP contribution in [0.5, 0.6) is 0 Å². The molecule has 3 rings (SSSR count). The number of aromatic nitrogens is 2. The van der Waals surface area contributed by atoms with Crippen LogP contribution in [-0.4, -0.2) is 19.8 Å². The maximum atomic E-state index is 11.6. The number of nitrogens with zero attached hydrogens (tertiary/aromatic N) is 4. The number of nitro benzene ring substituents is 1. The van der Waals surface area contributed by atoms with Gasteiger partial charge in [0.25, 0.3) is 5.69 Å². The molecule has 0 amide bonds. The molecule has 1 aromatic heterocycles. The molecule has 3 N–H and O–H groups in total. The van der Waals surface area contributed by atoms with Crippen molar-refractivity contribution in [1.82, 2.24) is 9.97 Å². The monoisotopic (exact) mass is 435 g/mol. The van der Waals surface area contributed by atoms with E-state index >= 15 is 0 Å². The summed E-state index contributed by atoms with van der Waals surface area (Å²) in [5.41, 5.74) is 5.61. The molecule has 148 valence electrons. The fourth-order valence-corrected chi connectivity index (χ4v) is 2.82. The highest BCUT2D eigenvalue weighted by Gasteiger charge is 2.23. The van der Waals surface area contributed by atoms with Crippen molar-refractivity contribution >= 4 is 57.6 Å². The summed E-state index contributed by atoms with van der Waals surface area (Å²) in [5.74, 6) is -0.213. The lowest BCUT2D eigenvalue weighted by atomic mass is 10.3. The first-order chi connectivity index (χ1) is 13.8. The second-order valence-corrected chi connectivity index (χ2v) is 6.39. The Labute approximate surface area is 173 Å². The minimum atomic E-state index is -0.658. The van der Waals surface area contributed by atoms with Crippen molar-refractivity contribution in [3.8, 4) is 0 Å². The molecule has 0 saturated carbocycles. The van der Waals surface area contributed by atoms with E-state index in [-0.39, 0.29) is 17.3 Å². The van der Waals surface area contributed by atoms with E-state index in [4.69, 9.17) is 23.2 Å². The third kappa shape index (κ3) is 4.97. The van der Waals surface area contributed by atoms with Crippen LogP contribution in [-0.2, 0) is 0 Å². The van der Waals surface area contributed by atoms with Gasteiger partial charge in [0.2, 0.25) is 11.6 Å². The van der Waals surface area contributed by atoms with Gasteiger partial charge in [-0.05, 0) is 30.3 Å².